The predicted molar refractivity (Wildman–Crippen MR) is 90.8 cm³/mol. The zero-order valence-electron chi connectivity index (χ0n) is 14.2. The highest BCUT2D eigenvalue weighted by Gasteiger charge is 2.20. The SMILES string of the molecule is Cc1cccc(C)c1C(=O)C[P](=O)CC(C)CC(C)(C)C. The van der Waals surface area contributed by atoms with Gasteiger partial charge in [-0.3, -0.25) is 9.36 Å². The summed E-state index contributed by atoms with van der Waals surface area (Å²) in [5.41, 5.74) is 2.95. The molecular formula is C18H28O2P. The summed E-state index contributed by atoms with van der Waals surface area (Å²) in [6, 6.07) is 5.83. The fourth-order valence-corrected chi connectivity index (χ4v) is 4.45. The number of carbonyl (C=O) groups is 1. The molecule has 1 aromatic rings. The minimum absolute atomic E-state index is 0.0228. The van der Waals surface area contributed by atoms with Crippen LogP contribution >= 0.6 is 7.80 Å². The van der Waals surface area contributed by atoms with Crippen LogP contribution in [-0.4, -0.2) is 18.1 Å². The second-order valence-corrected chi connectivity index (χ2v) is 9.03. The van der Waals surface area contributed by atoms with Crippen molar-refractivity contribution in [3.05, 3.63) is 34.9 Å². The summed E-state index contributed by atoms with van der Waals surface area (Å²) >= 11 is 0. The predicted octanol–water partition coefficient (Wildman–Crippen LogP) is 5.39. The summed E-state index contributed by atoms with van der Waals surface area (Å²) in [4.78, 5) is 12.4. The van der Waals surface area contributed by atoms with Gasteiger partial charge in [0.15, 0.2) is 5.78 Å². The van der Waals surface area contributed by atoms with Crippen LogP contribution in [0, 0.1) is 25.2 Å². The van der Waals surface area contributed by atoms with Crippen LogP contribution in [0.3, 0.4) is 0 Å². The molecule has 3 heteroatoms. The van der Waals surface area contributed by atoms with Crippen molar-refractivity contribution < 1.29 is 9.36 Å². The van der Waals surface area contributed by atoms with Crippen molar-refractivity contribution in [2.75, 3.05) is 12.3 Å². The van der Waals surface area contributed by atoms with Gasteiger partial charge in [-0.2, -0.15) is 0 Å². The molecule has 0 saturated heterocycles. The summed E-state index contributed by atoms with van der Waals surface area (Å²) < 4.78 is 12.3. The maximum atomic E-state index is 12.4. The molecule has 1 aromatic carbocycles. The van der Waals surface area contributed by atoms with Gasteiger partial charge in [0.2, 0.25) is 0 Å². The van der Waals surface area contributed by atoms with Gasteiger partial charge in [0, 0.05) is 11.7 Å². The van der Waals surface area contributed by atoms with Crippen LogP contribution < -0.4 is 0 Å². The van der Waals surface area contributed by atoms with Crippen molar-refractivity contribution in [1.82, 2.24) is 0 Å². The van der Waals surface area contributed by atoms with Crippen LogP contribution in [0.1, 0.15) is 55.6 Å². The summed E-state index contributed by atoms with van der Waals surface area (Å²) in [5.74, 6) is 0.411. The van der Waals surface area contributed by atoms with Crippen LogP contribution in [0.5, 0.6) is 0 Å². The first-order chi connectivity index (χ1) is 9.60. The quantitative estimate of drug-likeness (QED) is 0.522. The van der Waals surface area contributed by atoms with Crippen LogP contribution in [0.25, 0.3) is 0 Å². The van der Waals surface area contributed by atoms with Crippen LogP contribution in [0.15, 0.2) is 18.2 Å². The Morgan fingerprint density at radius 3 is 2.19 bits per heavy atom. The first-order valence-electron chi connectivity index (χ1n) is 7.61. The number of aryl methyl sites for hydroxylation is 2. The van der Waals surface area contributed by atoms with E-state index in [-0.39, 0.29) is 17.4 Å². The molecule has 0 aliphatic rings. The Kier molecular flexibility index (Phi) is 6.28. The van der Waals surface area contributed by atoms with E-state index in [4.69, 9.17) is 0 Å². The lowest BCUT2D eigenvalue weighted by atomic mass is 9.86. The maximum absolute atomic E-state index is 12.4. The highest BCUT2D eigenvalue weighted by Crippen LogP contribution is 2.32. The number of hydrogen-bond donors (Lipinski definition) is 0. The van der Waals surface area contributed by atoms with Gasteiger partial charge in [0.1, 0.15) is 0 Å². The molecule has 0 fully saturated rings. The molecule has 1 rings (SSSR count). The largest absolute Gasteiger partial charge is 0.293 e. The lowest BCUT2D eigenvalue weighted by molar-refractivity contribution is 0.102. The standard InChI is InChI=1S/C18H28O2P/c1-13(10-18(4,5)6)11-21(20)12-16(19)17-14(2)8-7-9-15(17)3/h7-9,13H,10-12H2,1-6H3. The Labute approximate surface area is 130 Å². The maximum Gasteiger partial charge on any atom is 0.174 e. The van der Waals surface area contributed by atoms with Gasteiger partial charge in [0.25, 0.3) is 0 Å². The number of ketones is 1. The fraction of sp³-hybridized carbons (Fsp3) is 0.611. The average Bonchev–Trinajstić information content (AvgIpc) is 2.24. The molecule has 117 valence electrons. The van der Waals surface area contributed by atoms with Gasteiger partial charge in [-0.25, -0.2) is 0 Å². The summed E-state index contributed by atoms with van der Waals surface area (Å²) in [6.07, 6.45) is 1.85. The summed E-state index contributed by atoms with van der Waals surface area (Å²) in [6.45, 7) is 12.6. The molecule has 0 aliphatic heterocycles. The minimum Gasteiger partial charge on any atom is -0.293 e. The van der Waals surface area contributed by atoms with Crippen molar-refractivity contribution in [2.45, 2.75) is 48.0 Å². The van der Waals surface area contributed by atoms with Crippen molar-refractivity contribution in [1.29, 1.82) is 0 Å². The molecule has 2 unspecified atom stereocenters. The topological polar surface area (TPSA) is 34.1 Å². The van der Waals surface area contributed by atoms with E-state index in [0.717, 1.165) is 23.1 Å². The average molecular weight is 307 g/mol. The summed E-state index contributed by atoms with van der Waals surface area (Å²) in [7, 11) is -1.46. The molecule has 0 aromatic heterocycles. The Morgan fingerprint density at radius 2 is 1.71 bits per heavy atom. The molecule has 2 nitrogen and oxygen atoms in total. The Morgan fingerprint density at radius 1 is 1.19 bits per heavy atom. The monoisotopic (exact) mass is 307 g/mol. The first kappa shape index (κ1) is 18.0. The van der Waals surface area contributed by atoms with Crippen LogP contribution in [-0.2, 0) is 4.57 Å². The van der Waals surface area contributed by atoms with Crippen molar-refractivity contribution in [3.63, 3.8) is 0 Å². The second-order valence-electron chi connectivity index (χ2n) is 7.38. The molecule has 0 spiro atoms. The molecule has 0 N–H and O–H groups in total. The van der Waals surface area contributed by atoms with E-state index in [1.807, 2.05) is 32.0 Å². The smallest absolute Gasteiger partial charge is 0.174 e. The lowest BCUT2D eigenvalue weighted by Crippen LogP contribution is -2.14. The molecule has 0 heterocycles. The normalized spacial score (nSPS) is 13.9. The Hall–Kier alpha value is -1.01. The number of Topliss-reactive ketones (excluding diaryl/α,β-unsaturated/α-hetero) is 1. The first-order valence-corrected chi connectivity index (χ1v) is 9.24. The molecule has 0 amide bonds. The van der Waals surface area contributed by atoms with E-state index in [1.54, 1.807) is 0 Å². The molecule has 0 bridgehead atoms. The van der Waals surface area contributed by atoms with Crippen LogP contribution in [0.2, 0.25) is 0 Å². The number of hydrogen-bond acceptors (Lipinski definition) is 2. The third-order valence-corrected chi connectivity index (χ3v) is 5.23. The summed E-state index contributed by atoms with van der Waals surface area (Å²) in [5, 5.41) is 0. The highest BCUT2D eigenvalue weighted by molar-refractivity contribution is 7.45. The third-order valence-electron chi connectivity index (χ3n) is 3.56. The third kappa shape index (κ3) is 6.09. The fourth-order valence-electron chi connectivity index (χ4n) is 3.02. The zero-order chi connectivity index (χ0) is 16.2. The number of carbonyl (C=O) groups excluding carboxylic acids is 1. The van der Waals surface area contributed by atoms with E-state index in [2.05, 4.69) is 27.7 Å². The van der Waals surface area contributed by atoms with Crippen LogP contribution in [0.4, 0.5) is 0 Å². The zero-order valence-corrected chi connectivity index (χ0v) is 15.1. The van der Waals surface area contributed by atoms with E-state index in [9.17, 15) is 9.36 Å². The minimum atomic E-state index is -1.46. The van der Waals surface area contributed by atoms with Gasteiger partial charge in [-0.05, 0) is 42.7 Å². The van der Waals surface area contributed by atoms with Crippen molar-refractivity contribution in [2.24, 2.45) is 11.3 Å². The van der Waals surface area contributed by atoms with Crippen molar-refractivity contribution in [3.8, 4) is 0 Å². The van der Waals surface area contributed by atoms with E-state index in [1.165, 1.54) is 0 Å². The Bertz CT molecular complexity index is 506. The number of benzene rings is 1. The van der Waals surface area contributed by atoms with Gasteiger partial charge < -0.3 is 0 Å². The van der Waals surface area contributed by atoms with Gasteiger partial charge >= 0.3 is 0 Å². The molecule has 2 atom stereocenters. The lowest BCUT2D eigenvalue weighted by Gasteiger charge is -2.22. The second kappa shape index (κ2) is 7.31. The molecular weight excluding hydrogens is 279 g/mol. The highest BCUT2D eigenvalue weighted by atomic mass is 31.1. The molecule has 0 aliphatic carbocycles. The van der Waals surface area contributed by atoms with Crippen molar-refractivity contribution >= 4 is 13.6 Å². The Balaban J connectivity index is 2.65. The van der Waals surface area contributed by atoms with E-state index >= 15 is 0 Å². The molecule has 1 radical (unpaired) electrons. The molecule has 21 heavy (non-hydrogen) atoms. The van der Waals surface area contributed by atoms with E-state index < -0.39 is 7.80 Å². The van der Waals surface area contributed by atoms with Gasteiger partial charge in [-0.15, -0.1) is 0 Å². The molecule has 0 saturated carbocycles. The van der Waals surface area contributed by atoms with E-state index in [0.29, 0.717) is 12.1 Å². The number of rotatable bonds is 6. The van der Waals surface area contributed by atoms with Gasteiger partial charge in [-0.1, -0.05) is 45.9 Å². The van der Waals surface area contributed by atoms with Gasteiger partial charge in [0.05, 0.1) is 14.0 Å².